The van der Waals surface area contributed by atoms with E-state index >= 15 is 0 Å². The molecule has 1 aromatic heterocycles. The Kier molecular flexibility index (Phi) is 5.74. The average molecular weight is 350 g/mol. The Balaban J connectivity index is 1.34. The first kappa shape index (κ1) is 18.3. The molecule has 0 unspecified atom stereocenters. The van der Waals surface area contributed by atoms with Gasteiger partial charge >= 0.3 is 0 Å². The third-order valence-corrected chi connectivity index (χ3v) is 5.28. The van der Waals surface area contributed by atoms with E-state index in [-0.39, 0.29) is 5.91 Å². The summed E-state index contributed by atoms with van der Waals surface area (Å²) in [5.41, 5.74) is 0.429. The summed E-state index contributed by atoms with van der Waals surface area (Å²) < 4.78 is 10.7. The summed E-state index contributed by atoms with van der Waals surface area (Å²) in [5.74, 6) is 1.38. The van der Waals surface area contributed by atoms with Gasteiger partial charge in [-0.25, -0.2) is 0 Å². The molecule has 140 valence electrons. The molecule has 0 bridgehead atoms. The summed E-state index contributed by atoms with van der Waals surface area (Å²) in [4.78, 5) is 21.0. The van der Waals surface area contributed by atoms with Crippen LogP contribution in [-0.2, 0) is 16.0 Å². The second kappa shape index (κ2) is 7.83. The maximum Gasteiger partial charge on any atom is 0.227 e. The minimum absolute atomic E-state index is 0.201. The Morgan fingerprint density at radius 1 is 1.32 bits per heavy atom. The molecule has 25 heavy (non-hydrogen) atoms. The zero-order valence-electron chi connectivity index (χ0n) is 15.7. The van der Waals surface area contributed by atoms with Gasteiger partial charge in [0.2, 0.25) is 11.8 Å². The van der Waals surface area contributed by atoms with Crippen molar-refractivity contribution in [2.75, 3.05) is 39.3 Å². The lowest BCUT2D eigenvalue weighted by atomic mass is 9.72. The number of hydrogen-bond acceptors (Lipinski definition) is 6. The van der Waals surface area contributed by atoms with Crippen molar-refractivity contribution in [1.82, 2.24) is 19.9 Å². The van der Waals surface area contributed by atoms with Crippen LogP contribution in [0.25, 0.3) is 0 Å². The van der Waals surface area contributed by atoms with Crippen molar-refractivity contribution in [2.24, 2.45) is 5.41 Å². The van der Waals surface area contributed by atoms with Crippen LogP contribution >= 0.6 is 0 Å². The molecule has 0 saturated carbocycles. The van der Waals surface area contributed by atoms with Gasteiger partial charge in [0.1, 0.15) is 0 Å². The smallest absolute Gasteiger partial charge is 0.227 e. The number of nitrogens with zero attached hydrogens (tertiary/aromatic N) is 4. The number of rotatable bonds is 7. The SMILES string of the molecule is Cc1noc(CCC(=O)N2CCC3(CC2)CN(CCOC(C)C)C3)n1. The van der Waals surface area contributed by atoms with Crippen LogP contribution in [0.15, 0.2) is 4.52 Å². The number of carbonyl (C=O) groups excluding carboxylic acids is 1. The molecule has 7 heteroatoms. The third-order valence-electron chi connectivity index (χ3n) is 5.28. The summed E-state index contributed by atoms with van der Waals surface area (Å²) in [7, 11) is 0. The van der Waals surface area contributed by atoms with Gasteiger partial charge in [0.05, 0.1) is 12.7 Å². The molecule has 1 amide bonds. The Hall–Kier alpha value is -1.47. The van der Waals surface area contributed by atoms with E-state index in [9.17, 15) is 4.79 Å². The third kappa shape index (κ3) is 4.79. The maximum absolute atomic E-state index is 12.4. The first-order chi connectivity index (χ1) is 12.0. The van der Waals surface area contributed by atoms with Gasteiger partial charge in [-0.1, -0.05) is 5.16 Å². The molecule has 0 N–H and O–H groups in total. The second-order valence-electron chi connectivity index (χ2n) is 7.75. The minimum Gasteiger partial charge on any atom is -0.377 e. The summed E-state index contributed by atoms with van der Waals surface area (Å²) in [6.07, 6.45) is 3.51. The standard InChI is InChI=1S/C18H30N4O3/c1-14(2)24-11-10-21-12-18(13-21)6-8-22(9-7-18)17(23)5-4-16-19-15(3)20-25-16/h14H,4-13H2,1-3H3. The van der Waals surface area contributed by atoms with Crippen LogP contribution in [0, 0.1) is 12.3 Å². The molecule has 3 rings (SSSR count). The molecule has 2 saturated heterocycles. The highest BCUT2D eigenvalue weighted by atomic mass is 16.5. The second-order valence-corrected chi connectivity index (χ2v) is 7.75. The van der Waals surface area contributed by atoms with Crippen LogP contribution in [0.3, 0.4) is 0 Å². The van der Waals surface area contributed by atoms with Crippen LogP contribution in [0.5, 0.6) is 0 Å². The molecule has 3 heterocycles. The van der Waals surface area contributed by atoms with Crippen molar-refractivity contribution in [1.29, 1.82) is 0 Å². The highest BCUT2D eigenvalue weighted by Crippen LogP contribution is 2.40. The van der Waals surface area contributed by atoms with E-state index in [0.717, 1.165) is 52.2 Å². The molecule has 0 aliphatic carbocycles. The molecule has 1 spiro atoms. The Morgan fingerprint density at radius 2 is 2.04 bits per heavy atom. The number of hydrogen-bond donors (Lipinski definition) is 0. The van der Waals surface area contributed by atoms with Gasteiger partial charge in [-0.15, -0.1) is 0 Å². The number of piperidine rings is 1. The van der Waals surface area contributed by atoms with Gasteiger partial charge < -0.3 is 14.2 Å². The van der Waals surface area contributed by atoms with Crippen molar-refractivity contribution >= 4 is 5.91 Å². The minimum atomic E-state index is 0.201. The highest BCUT2D eigenvalue weighted by Gasteiger charge is 2.44. The normalized spacial score (nSPS) is 20.2. The molecule has 0 radical (unpaired) electrons. The number of carbonyl (C=O) groups is 1. The Bertz CT molecular complexity index is 571. The molecule has 0 atom stereocenters. The van der Waals surface area contributed by atoms with Crippen LogP contribution in [0.4, 0.5) is 0 Å². The molecule has 7 nitrogen and oxygen atoms in total. The van der Waals surface area contributed by atoms with E-state index in [1.165, 1.54) is 0 Å². The fourth-order valence-corrected chi connectivity index (χ4v) is 3.84. The predicted molar refractivity (Wildman–Crippen MR) is 93.1 cm³/mol. The quantitative estimate of drug-likeness (QED) is 0.745. The molecule has 1 aromatic rings. The van der Waals surface area contributed by atoms with Crippen LogP contribution in [0.1, 0.15) is 44.8 Å². The monoisotopic (exact) mass is 350 g/mol. The maximum atomic E-state index is 12.4. The van der Waals surface area contributed by atoms with Crippen molar-refractivity contribution in [3.05, 3.63) is 11.7 Å². The lowest BCUT2D eigenvalue weighted by molar-refractivity contribution is -0.136. The predicted octanol–water partition coefficient (Wildman–Crippen LogP) is 1.66. The summed E-state index contributed by atoms with van der Waals surface area (Å²) in [5, 5.41) is 3.76. The van der Waals surface area contributed by atoms with E-state index in [0.29, 0.717) is 36.1 Å². The largest absolute Gasteiger partial charge is 0.377 e. The topological polar surface area (TPSA) is 71.7 Å². The summed E-state index contributed by atoms with van der Waals surface area (Å²) in [6, 6.07) is 0. The highest BCUT2D eigenvalue weighted by molar-refractivity contribution is 5.76. The Morgan fingerprint density at radius 3 is 2.64 bits per heavy atom. The number of amides is 1. The number of aromatic nitrogens is 2. The molecule has 2 aliphatic rings. The fourth-order valence-electron chi connectivity index (χ4n) is 3.84. The number of likely N-dealkylation sites (tertiary alicyclic amines) is 2. The molecule has 0 aromatic carbocycles. The Labute approximate surface area is 149 Å². The van der Waals surface area contributed by atoms with Gasteiger partial charge in [0.25, 0.3) is 0 Å². The van der Waals surface area contributed by atoms with Crippen LogP contribution < -0.4 is 0 Å². The first-order valence-corrected chi connectivity index (χ1v) is 9.37. The van der Waals surface area contributed by atoms with E-state index in [4.69, 9.17) is 9.26 Å². The lowest BCUT2D eigenvalue weighted by Crippen LogP contribution is -2.61. The van der Waals surface area contributed by atoms with E-state index in [1.807, 2.05) is 4.90 Å². The molecule has 2 aliphatic heterocycles. The van der Waals surface area contributed by atoms with Crippen molar-refractivity contribution in [3.63, 3.8) is 0 Å². The average Bonchev–Trinajstić information content (AvgIpc) is 2.97. The number of aryl methyl sites for hydroxylation is 2. The van der Waals surface area contributed by atoms with Gasteiger partial charge in [0, 0.05) is 45.6 Å². The number of ether oxygens (including phenoxy) is 1. The fraction of sp³-hybridized carbons (Fsp3) is 0.833. The van der Waals surface area contributed by atoms with Crippen molar-refractivity contribution in [2.45, 2.75) is 52.6 Å². The van der Waals surface area contributed by atoms with E-state index in [1.54, 1.807) is 6.92 Å². The van der Waals surface area contributed by atoms with Crippen molar-refractivity contribution in [3.8, 4) is 0 Å². The molecule has 2 fully saturated rings. The van der Waals surface area contributed by atoms with Crippen LogP contribution in [-0.4, -0.2) is 71.3 Å². The van der Waals surface area contributed by atoms with Gasteiger partial charge in [-0.3, -0.25) is 9.69 Å². The zero-order valence-corrected chi connectivity index (χ0v) is 15.7. The van der Waals surface area contributed by atoms with E-state index < -0.39 is 0 Å². The van der Waals surface area contributed by atoms with Gasteiger partial charge in [0.15, 0.2) is 5.82 Å². The van der Waals surface area contributed by atoms with Crippen LogP contribution in [0.2, 0.25) is 0 Å². The van der Waals surface area contributed by atoms with Crippen molar-refractivity contribution < 1.29 is 14.1 Å². The first-order valence-electron chi connectivity index (χ1n) is 9.37. The molecular weight excluding hydrogens is 320 g/mol. The molecular formula is C18H30N4O3. The zero-order chi connectivity index (χ0) is 17.9. The summed E-state index contributed by atoms with van der Waals surface area (Å²) >= 11 is 0. The van der Waals surface area contributed by atoms with E-state index in [2.05, 4.69) is 28.9 Å². The lowest BCUT2D eigenvalue weighted by Gasteiger charge is -2.54. The summed E-state index contributed by atoms with van der Waals surface area (Å²) in [6.45, 7) is 11.8. The van der Waals surface area contributed by atoms with Gasteiger partial charge in [-0.2, -0.15) is 4.98 Å². The van der Waals surface area contributed by atoms with Gasteiger partial charge in [-0.05, 0) is 39.0 Å².